The number of aliphatic hydroxyl groups is 1. The van der Waals surface area contributed by atoms with Crippen LogP contribution in [0.15, 0.2) is 0 Å². The van der Waals surface area contributed by atoms with Crippen molar-refractivity contribution in [3.05, 3.63) is 16.4 Å². The van der Waals surface area contributed by atoms with Crippen LogP contribution in [-0.2, 0) is 24.6 Å². The van der Waals surface area contributed by atoms with Gasteiger partial charge in [0.2, 0.25) is 0 Å². The van der Waals surface area contributed by atoms with Crippen molar-refractivity contribution in [2.75, 3.05) is 6.61 Å². The zero-order valence-corrected chi connectivity index (χ0v) is 11.9. The normalized spacial score (nSPS) is 25.6. The lowest BCUT2D eigenvalue weighted by molar-refractivity contribution is 0.0797. The third-order valence-electron chi connectivity index (χ3n) is 3.68. The third-order valence-corrected chi connectivity index (χ3v) is 4.12. The number of aryl methyl sites for hydroxylation is 2. The van der Waals surface area contributed by atoms with Gasteiger partial charge in [0, 0.05) is 19.4 Å². The minimum Gasteiger partial charge on any atom is -0.392 e. The first-order valence-corrected chi connectivity index (χ1v) is 6.90. The molecule has 4 nitrogen and oxygen atoms in total. The van der Waals surface area contributed by atoms with Crippen molar-refractivity contribution in [2.24, 2.45) is 13.0 Å². The number of aliphatic hydroxyl groups excluding tert-OH is 1. The molecule has 5 heteroatoms. The summed E-state index contributed by atoms with van der Waals surface area (Å²) in [4.78, 5) is 0. The summed E-state index contributed by atoms with van der Waals surface area (Å²) in [6.45, 7) is 4.71. The van der Waals surface area contributed by atoms with Gasteiger partial charge < -0.3 is 9.84 Å². The maximum atomic E-state index is 10.3. The van der Waals surface area contributed by atoms with Gasteiger partial charge in [0.25, 0.3) is 0 Å². The lowest BCUT2D eigenvalue weighted by Gasteiger charge is -2.16. The van der Waals surface area contributed by atoms with Gasteiger partial charge in [-0.3, -0.25) is 4.68 Å². The van der Waals surface area contributed by atoms with E-state index in [0.717, 1.165) is 24.2 Å². The summed E-state index contributed by atoms with van der Waals surface area (Å²) >= 11 is 6.28. The van der Waals surface area contributed by atoms with E-state index in [2.05, 4.69) is 5.10 Å². The Hall–Kier alpha value is -0.580. The Balaban J connectivity index is 2.07. The molecule has 3 unspecified atom stereocenters. The van der Waals surface area contributed by atoms with E-state index < -0.39 is 6.10 Å². The highest BCUT2D eigenvalue weighted by Crippen LogP contribution is 2.27. The van der Waals surface area contributed by atoms with Gasteiger partial charge in [-0.25, -0.2) is 0 Å². The van der Waals surface area contributed by atoms with Gasteiger partial charge in [-0.15, -0.1) is 0 Å². The molecule has 1 aliphatic rings. The Morgan fingerprint density at radius 2 is 2.33 bits per heavy atom. The van der Waals surface area contributed by atoms with E-state index in [1.807, 2.05) is 20.9 Å². The molecule has 0 radical (unpaired) electrons. The standard InChI is InChI=1S/C13H21ClN2O2/c1-4-10-13(14)11(16(3)15-10)6-12(17)9-5-8(2)18-7-9/h8-9,12,17H,4-7H2,1-3H3. The number of aromatic nitrogens is 2. The number of nitrogens with zero attached hydrogens (tertiary/aromatic N) is 2. The molecule has 102 valence electrons. The molecule has 1 saturated heterocycles. The second-order valence-electron chi connectivity index (χ2n) is 5.10. The Bertz CT molecular complexity index is 419. The molecule has 0 aromatic carbocycles. The van der Waals surface area contributed by atoms with Crippen LogP contribution in [0.4, 0.5) is 0 Å². The molecule has 1 aliphatic heterocycles. The van der Waals surface area contributed by atoms with Crippen LogP contribution in [0.3, 0.4) is 0 Å². The van der Waals surface area contributed by atoms with E-state index in [1.54, 1.807) is 4.68 Å². The van der Waals surface area contributed by atoms with Crippen molar-refractivity contribution in [1.29, 1.82) is 0 Å². The van der Waals surface area contributed by atoms with E-state index in [4.69, 9.17) is 16.3 Å². The van der Waals surface area contributed by atoms with Crippen LogP contribution in [0.25, 0.3) is 0 Å². The van der Waals surface area contributed by atoms with Gasteiger partial charge in [0.1, 0.15) is 0 Å². The zero-order chi connectivity index (χ0) is 13.3. The van der Waals surface area contributed by atoms with Gasteiger partial charge in [-0.2, -0.15) is 5.10 Å². The molecule has 18 heavy (non-hydrogen) atoms. The number of halogens is 1. The van der Waals surface area contributed by atoms with Crippen molar-refractivity contribution in [3.8, 4) is 0 Å². The molecule has 0 aliphatic carbocycles. The smallest absolute Gasteiger partial charge is 0.0850 e. The molecule has 1 fully saturated rings. The molecule has 0 bridgehead atoms. The Morgan fingerprint density at radius 3 is 2.83 bits per heavy atom. The summed E-state index contributed by atoms with van der Waals surface area (Å²) in [5.41, 5.74) is 1.82. The SMILES string of the molecule is CCc1nn(C)c(CC(O)C2COC(C)C2)c1Cl. The van der Waals surface area contributed by atoms with E-state index >= 15 is 0 Å². The highest BCUT2D eigenvalue weighted by Gasteiger charge is 2.29. The third kappa shape index (κ3) is 2.71. The zero-order valence-electron chi connectivity index (χ0n) is 11.2. The Labute approximate surface area is 113 Å². The summed E-state index contributed by atoms with van der Waals surface area (Å²) in [6.07, 6.45) is 2.11. The van der Waals surface area contributed by atoms with Crippen LogP contribution in [-0.4, -0.2) is 33.7 Å². The fourth-order valence-corrected chi connectivity index (χ4v) is 2.90. The Morgan fingerprint density at radius 1 is 1.61 bits per heavy atom. The topological polar surface area (TPSA) is 47.3 Å². The highest BCUT2D eigenvalue weighted by atomic mass is 35.5. The Kier molecular flexibility index (Phi) is 4.30. The fraction of sp³-hybridized carbons (Fsp3) is 0.769. The van der Waals surface area contributed by atoms with Crippen LogP contribution in [0.2, 0.25) is 5.02 Å². The van der Waals surface area contributed by atoms with Crippen LogP contribution < -0.4 is 0 Å². The molecule has 1 aromatic heterocycles. The van der Waals surface area contributed by atoms with Gasteiger partial charge in [0.15, 0.2) is 0 Å². The predicted octanol–water partition coefficient (Wildman–Crippen LogP) is 1.96. The van der Waals surface area contributed by atoms with Crippen LogP contribution in [0.1, 0.15) is 31.7 Å². The van der Waals surface area contributed by atoms with Crippen molar-refractivity contribution in [2.45, 2.75) is 45.3 Å². The van der Waals surface area contributed by atoms with Gasteiger partial charge in [0.05, 0.1) is 35.2 Å². The molecule has 1 aromatic rings. The van der Waals surface area contributed by atoms with E-state index in [0.29, 0.717) is 18.1 Å². The summed E-state index contributed by atoms with van der Waals surface area (Å²) in [7, 11) is 1.88. The van der Waals surface area contributed by atoms with E-state index in [1.165, 1.54) is 0 Å². The summed E-state index contributed by atoms with van der Waals surface area (Å²) in [6, 6.07) is 0. The number of hydrogen-bond donors (Lipinski definition) is 1. The molecular weight excluding hydrogens is 252 g/mol. The number of ether oxygens (including phenoxy) is 1. The van der Waals surface area contributed by atoms with Crippen molar-refractivity contribution < 1.29 is 9.84 Å². The summed E-state index contributed by atoms with van der Waals surface area (Å²) < 4.78 is 7.28. The summed E-state index contributed by atoms with van der Waals surface area (Å²) in [5.74, 6) is 0.205. The molecule has 0 spiro atoms. The molecular formula is C13H21ClN2O2. The first-order chi connectivity index (χ1) is 8.52. The summed E-state index contributed by atoms with van der Waals surface area (Å²) in [5, 5.41) is 15.3. The number of rotatable bonds is 4. The van der Waals surface area contributed by atoms with Crippen molar-refractivity contribution >= 4 is 11.6 Å². The average Bonchev–Trinajstić information content (AvgIpc) is 2.87. The van der Waals surface area contributed by atoms with Crippen molar-refractivity contribution in [3.63, 3.8) is 0 Å². The fourth-order valence-electron chi connectivity index (χ4n) is 2.52. The first-order valence-electron chi connectivity index (χ1n) is 6.52. The largest absolute Gasteiger partial charge is 0.392 e. The lowest BCUT2D eigenvalue weighted by Crippen LogP contribution is -2.24. The predicted molar refractivity (Wildman–Crippen MR) is 70.8 cm³/mol. The van der Waals surface area contributed by atoms with Crippen molar-refractivity contribution in [1.82, 2.24) is 9.78 Å². The van der Waals surface area contributed by atoms with Gasteiger partial charge in [-0.05, 0) is 19.8 Å². The number of hydrogen-bond acceptors (Lipinski definition) is 3. The van der Waals surface area contributed by atoms with Gasteiger partial charge >= 0.3 is 0 Å². The van der Waals surface area contributed by atoms with Crippen LogP contribution >= 0.6 is 11.6 Å². The molecule has 1 N–H and O–H groups in total. The maximum Gasteiger partial charge on any atom is 0.0850 e. The van der Waals surface area contributed by atoms with E-state index in [-0.39, 0.29) is 12.0 Å². The second kappa shape index (κ2) is 5.59. The molecule has 2 rings (SSSR count). The van der Waals surface area contributed by atoms with Crippen LogP contribution in [0, 0.1) is 5.92 Å². The molecule has 0 amide bonds. The maximum absolute atomic E-state index is 10.3. The highest BCUT2D eigenvalue weighted by molar-refractivity contribution is 6.31. The van der Waals surface area contributed by atoms with Crippen LogP contribution in [0.5, 0.6) is 0 Å². The minimum absolute atomic E-state index is 0.205. The minimum atomic E-state index is -0.410. The lowest BCUT2D eigenvalue weighted by atomic mass is 9.96. The monoisotopic (exact) mass is 272 g/mol. The molecule has 3 atom stereocenters. The quantitative estimate of drug-likeness (QED) is 0.912. The van der Waals surface area contributed by atoms with E-state index in [9.17, 15) is 5.11 Å². The average molecular weight is 273 g/mol. The first kappa shape index (κ1) is 13.8. The second-order valence-corrected chi connectivity index (χ2v) is 5.47. The molecule has 0 saturated carbocycles. The van der Waals surface area contributed by atoms with Gasteiger partial charge in [-0.1, -0.05) is 18.5 Å². The molecule has 2 heterocycles.